The molecule has 29 heavy (non-hydrogen) atoms. The fourth-order valence-corrected chi connectivity index (χ4v) is 4.11. The Kier molecular flexibility index (Phi) is 5.56. The van der Waals surface area contributed by atoms with E-state index in [0.29, 0.717) is 13.1 Å². The standard InChI is InChI=1S/C24H28N2O3/c1-16(2)24(28)26-11-8-17(9-12-26)23(27)25-21-5-3-4-18(15-21)19-6-7-22-20(14-19)10-13-29-22/h3-7,14-17H,8-13H2,1-2H3,(H,25,27). The van der Waals surface area contributed by atoms with Crippen LogP contribution in [0.1, 0.15) is 32.3 Å². The molecule has 1 N–H and O–H groups in total. The van der Waals surface area contributed by atoms with Crippen LogP contribution >= 0.6 is 0 Å². The normalized spacial score (nSPS) is 16.4. The third kappa shape index (κ3) is 4.29. The van der Waals surface area contributed by atoms with Crippen LogP contribution in [-0.4, -0.2) is 36.4 Å². The zero-order valence-corrected chi connectivity index (χ0v) is 17.1. The summed E-state index contributed by atoms with van der Waals surface area (Å²) in [5.74, 6) is 1.15. The van der Waals surface area contributed by atoms with Gasteiger partial charge in [0.05, 0.1) is 6.61 Å². The van der Waals surface area contributed by atoms with Crippen molar-refractivity contribution in [3.63, 3.8) is 0 Å². The van der Waals surface area contributed by atoms with Crippen LogP contribution in [0.5, 0.6) is 5.75 Å². The Morgan fingerprint density at radius 1 is 1.07 bits per heavy atom. The van der Waals surface area contributed by atoms with Gasteiger partial charge in [0.25, 0.3) is 0 Å². The molecular formula is C24H28N2O3. The second kappa shape index (κ2) is 8.27. The Morgan fingerprint density at radius 3 is 2.59 bits per heavy atom. The average Bonchev–Trinajstić information content (AvgIpc) is 3.21. The zero-order valence-electron chi connectivity index (χ0n) is 17.1. The summed E-state index contributed by atoms with van der Waals surface area (Å²) < 4.78 is 5.59. The van der Waals surface area contributed by atoms with Crippen molar-refractivity contribution in [2.75, 3.05) is 25.0 Å². The fraction of sp³-hybridized carbons (Fsp3) is 0.417. The highest BCUT2D eigenvalue weighted by atomic mass is 16.5. The SMILES string of the molecule is CC(C)C(=O)N1CCC(C(=O)Nc2cccc(-c3ccc4c(c3)CCO4)c2)CC1. The maximum atomic E-state index is 12.7. The number of likely N-dealkylation sites (tertiary alicyclic amines) is 1. The van der Waals surface area contributed by atoms with E-state index in [1.54, 1.807) is 0 Å². The van der Waals surface area contributed by atoms with Gasteiger partial charge in [0.2, 0.25) is 11.8 Å². The fourth-order valence-electron chi connectivity index (χ4n) is 4.11. The maximum absolute atomic E-state index is 12.7. The molecule has 0 atom stereocenters. The predicted molar refractivity (Wildman–Crippen MR) is 114 cm³/mol. The number of rotatable bonds is 4. The minimum absolute atomic E-state index is 0.00824. The lowest BCUT2D eigenvalue weighted by Gasteiger charge is -2.32. The largest absolute Gasteiger partial charge is 0.493 e. The van der Waals surface area contributed by atoms with E-state index in [0.717, 1.165) is 48.4 Å². The first-order valence-corrected chi connectivity index (χ1v) is 10.5. The molecule has 0 unspecified atom stereocenters. The van der Waals surface area contributed by atoms with Crippen molar-refractivity contribution in [2.24, 2.45) is 11.8 Å². The number of benzene rings is 2. The van der Waals surface area contributed by atoms with E-state index in [-0.39, 0.29) is 23.7 Å². The molecule has 2 amide bonds. The summed E-state index contributed by atoms with van der Waals surface area (Å²) in [7, 11) is 0. The highest BCUT2D eigenvalue weighted by molar-refractivity contribution is 5.93. The quantitative estimate of drug-likeness (QED) is 0.851. The third-order valence-electron chi connectivity index (χ3n) is 5.82. The number of ether oxygens (including phenoxy) is 1. The van der Waals surface area contributed by atoms with E-state index < -0.39 is 0 Å². The van der Waals surface area contributed by atoms with Gasteiger partial charge in [0, 0.05) is 37.0 Å². The molecule has 2 aliphatic rings. The third-order valence-corrected chi connectivity index (χ3v) is 5.82. The summed E-state index contributed by atoms with van der Waals surface area (Å²) in [4.78, 5) is 26.8. The lowest BCUT2D eigenvalue weighted by atomic mass is 9.95. The highest BCUT2D eigenvalue weighted by Crippen LogP contribution is 2.31. The molecule has 5 heteroatoms. The number of nitrogens with one attached hydrogen (secondary N) is 1. The minimum atomic E-state index is -0.0491. The van der Waals surface area contributed by atoms with Gasteiger partial charge in [0.1, 0.15) is 5.75 Å². The molecule has 2 aliphatic heterocycles. The van der Waals surface area contributed by atoms with Crippen LogP contribution in [0.2, 0.25) is 0 Å². The van der Waals surface area contributed by atoms with Crippen LogP contribution in [0.15, 0.2) is 42.5 Å². The summed E-state index contributed by atoms with van der Waals surface area (Å²) >= 11 is 0. The Bertz CT molecular complexity index is 914. The van der Waals surface area contributed by atoms with E-state index in [4.69, 9.17) is 4.74 Å². The summed E-state index contributed by atoms with van der Waals surface area (Å²) in [6.07, 6.45) is 2.38. The van der Waals surface area contributed by atoms with Gasteiger partial charge in [-0.05, 0) is 53.8 Å². The van der Waals surface area contributed by atoms with Crippen LogP contribution in [0.25, 0.3) is 11.1 Å². The number of anilines is 1. The molecule has 2 aromatic rings. The second-order valence-electron chi connectivity index (χ2n) is 8.25. The molecule has 0 aliphatic carbocycles. The molecule has 1 saturated heterocycles. The van der Waals surface area contributed by atoms with E-state index in [1.165, 1.54) is 5.56 Å². The molecule has 1 fully saturated rings. The van der Waals surface area contributed by atoms with Gasteiger partial charge in [-0.1, -0.05) is 32.0 Å². The molecule has 0 radical (unpaired) electrons. The first-order chi connectivity index (χ1) is 14.0. The first-order valence-electron chi connectivity index (χ1n) is 10.5. The van der Waals surface area contributed by atoms with Crippen LogP contribution in [-0.2, 0) is 16.0 Å². The van der Waals surface area contributed by atoms with E-state index in [9.17, 15) is 9.59 Å². The Balaban J connectivity index is 1.40. The van der Waals surface area contributed by atoms with Crippen molar-refractivity contribution >= 4 is 17.5 Å². The number of carbonyl (C=O) groups is 2. The number of amides is 2. The second-order valence-corrected chi connectivity index (χ2v) is 8.25. The number of hydrogen-bond acceptors (Lipinski definition) is 3. The smallest absolute Gasteiger partial charge is 0.227 e. The molecule has 2 aromatic carbocycles. The van der Waals surface area contributed by atoms with Gasteiger partial charge >= 0.3 is 0 Å². The molecule has 5 nitrogen and oxygen atoms in total. The Labute approximate surface area is 172 Å². The molecule has 0 saturated carbocycles. The molecule has 0 aromatic heterocycles. The molecular weight excluding hydrogens is 364 g/mol. The summed E-state index contributed by atoms with van der Waals surface area (Å²) in [6.45, 7) is 5.90. The van der Waals surface area contributed by atoms with Crippen LogP contribution in [0, 0.1) is 11.8 Å². The van der Waals surface area contributed by atoms with E-state index in [2.05, 4.69) is 23.5 Å². The first kappa shape index (κ1) is 19.5. The minimum Gasteiger partial charge on any atom is -0.493 e. The van der Waals surface area contributed by atoms with Gasteiger partial charge in [-0.25, -0.2) is 0 Å². The number of hydrogen-bond donors (Lipinski definition) is 1. The monoisotopic (exact) mass is 392 g/mol. The average molecular weight is 392 g/mol. The lowest BCUT2D eigenvalue weighted by molar-refractivity contribution is -0.137. The van der Waals surface area contributed by atoms with E-state index >= 15 is 0 Å². The van der Waals surface area contributed by atoms with Gasteiger partial charge < -0.3 is 15.0 Å². The van der Waals surface area contributed by atoms with Gasteiger partial charge in [-0.3, -0.25) is 9.59 Å². The molecule has 2 heterocycles. The highest BCUT2D eigenvalue weighted by Gasteiger charge is 2.28. The van der Waals surface area contributed by atoms with Gasteiger partial charge in [0.15, 0.2) is 0 Å². The predicted octanol–water partition coefficient (Wildman–Crippen LogP) is 4.12. The number of nitrogens with zero attached hydrogens (tertiary/aromatic N) is 1. The van der Waals surface area contributed by atoms with Crippen LogP contribution in [0.4, 0.5) is 5.69 Å². The summed E-state index contributed by atoms with van der Waals surface area (Å²) in [6, 6.07) is 14.2. The number of carbonyl (C=O) groups excluding carboxylic acids is 2. The van der Waals surface area contributed by atoms with Crippen molar-refractivity contribution in [1.82, 2.24) is 4.90 Å². The molecule has 0 bridgehead atoms. The van der Waals surface area contributed by atoms with Crippen molar-refractivity contribution in [1.29, 1.82) is 0 Å². The van der Waals surface area contributed by atoms with E-state index in [1.807, 2.05) is 43.0 Å². The van der Waals surface area contributed by atoms with Gasteiger partial charge in [-0.15, -0.1) is 0 Å². The van der Waals surface area contributed by atoms with Crippen molar-refractivity contribution in [3.05, 3.63) is 48.0 Å². The Morgan fingerprint density at radius 2 is 1.83 bits per heavy atom. The summed E-state index contributed by atoms with van der Waals surface area (Å²) in [5, 5.41) is 3.07. The van der Waals surface area contributed by atoms with Crippen LogP contribution < -0.4 is 10.1 Å². The zero-order chi connectivity index (χ0) is 20.4. The molecule has 4 rings (SSSR count). The van der Waals surface area contributed by atoms with Crippen molar-refractivity contribution < 1.29 is 14.3 Å². The van der Waals surface area contributed by atoms with Crippen LogP contribution in [0.3, 0.4) is 0 Å². The van der Waals surface area contributed by atoms with Gasteiger partial charge in [-0.2, -0.15) is 0 Å². The summed E-state index contributed by atoms with van der Waals surface area (Å²) in [5.41, 5.74) is 4.25. The number of fused-ring (bicyclic) bond motifs is 1. The lowest BCUT2D eigenvalue weighted by Crippen LogP contribution is -2.43. The topological polar surface area (TPSA) is 58.6 Å². The molecule has 0 spiro atoms. The molecule has 152 valence electrons. The Hall–Kier alpha value is -2.82. The maximum Gasteiger partial charge on any atom is 0.227 e. The van der Waals surface area contributed by atoms with Crippen molar-refractivity contribution in [2.45, 2.75) is 33.1 Å². The van der Waals surface area contributed by atoms with Crippen molar-refractivity contribution in [3.8, 4) is 16.9 Å². The number of piperidine rings is 1.